The van der Waals surface area contributed by atoms with Crippen LogP contribution in [0, 0.1) is 6.92 Å². The minimum absolute atomic E-state index is 0. The Bertz CT molecular complexity index is 485. The Morgan fingerprint density at radius 2 is 2.00 bits per heavy atom. The van der Waals surface area contributed by atoms with Crippen molar-refractivity contribution in [2.24, 2.45) is 0 Å². The van der Waals surface area contributed by atoms with E-state index in [1.807, 2.05) is 31.3 Å². The summed E-state index contributed by atoms with van der Waals surface area (Å²) in [5.74, 6) is 0.847. The molecule has 0 unspecified atom stereocenters. The maximum atomic E-state index is 12.2. The Morgan fingerprint density at radius 3 is 2.68 bits per heavy atom. The lowest BCUT2D eigenvalue weighted by Gasteiger charge is -2.04. The van der Waals surface area contributed by atoms with Gasteiger partial charge in [0.15, 0.2) is 5.82 Å². The summed E-state index contributed by atoms with van der Waals surface area (Å²) < 4.78 is 13.9. The maximum Gasteiger partial charge on any atom is 0.150 e. The van der Waals surface area contributed by atoms with Crippen LogP contribution in [0.3, 0.4) is 0 Å². The molecule has 0 radical (unpaired) electrons. The average molecular weight is 284 g/mol. The molecular formula is C14H19ClFN3. The van der Waals surface area contributed by atoms with Crippen molar-refractivity contribution in [3.8, 4) is 0 Å². The summed E-state index contributed by atoms with van der Waals surface area (Å²) in [6.45, 7) is 2.75. The van der Waals surface area contributed by atoms with Crippen molar-refractivity contribution < 1.29 is 4.39 Å². The molecule has 0 atom stereocenters. The fourth-order valence-corrected chi connectivity index (χ4v) is 1.87. The van der Waals surface area contributed by atoms with Gasteiger partial charge in [-0.3, -0.25) is 4.68 Å². The number of hydrogen-bond acceptors (Lipinski definition) is 2. The number of benzene rings is 1. The summed E-state index contributed by atoms with van der Waals surface area (Å²) in [5.41, 5.74) is 2.35. The zero-order chi connectivity index (χ0) is 12.8. The molecule has 5 heteroatoms. The number of aryl methyl sites for hydroxylation is 2. The van der Waals surface area contributed by atoms with Crippen LogP contribution < -0.4 is 5.32 Å². The highest BCUT2D eigenvalue weighted by Crippen LogP contribution is 2.11. The van der Waals surface area contributed by atoms with Gasteiger partial charge in [0.2, 0.25) is 0 Å². The van der Waals surface area contributed by atoms with Crippen LogP contribution in [0.5, 0.6) is 0 Å². The topological polar surface area (TPSA) is 29.9 Å². The van der Waals surface area contributed by atoms with E-state index in [0.29, 0.717) is 6.54 Å². The van der Waals surface area contributed by atoms with Gasteiger partial charge >= 0.3 is 0 Å². The van der Waals surface area contributed by atoms with E-state index >= 15 is 0 Å². The van der Waals surface area contributed by atoms with Crippen LogP contribution in [-0.2, 0) is 13.0 Å². The molecule has 1 N–H and O–H groups in total. The van der Waals surface area contributed by atoms with Crippen molar-refractivity contribution in [1.82, 2.24) is 9.78 Å². The maximum absolute atomic E-state index is 12.2. The van der Waals surface area contributed by atoms with E-state index in [9.17, 15) is 4.39 Å². The van der Waals surface area contributed by atoms with Gasteiger partial charge in [0.25, 0.3) is 0 Å². The highest BCUT2D eigenvalue weighted by Gasteiger charge is 2.03. The van der Waals surface area contributed by atoms with Gasteiger partial charge in [0.05, 0.1) is 6.54 Å². The summed E-state index contributed by atoms with van der Waals surface area (Å²) in [5, 5.41) is 7.58. The number of alkyl halides is 1. The molecule has 0 aliphatic heterocycles. The summed E-state index contributed by atoms with van der Waals surface area (Å²) in [4.78, 5) is 0. The van der Waals surface area contributed by atoms with Crippen molar-refractivity contribution in [3.05, 3.63) is 47.7 Å². The first-order valence-corrected chi connectivity index (χ1v) is 6.17. The first-order chi connectivity index (χ1) is 8.79. The van der Waals surface area contributed by atoms with Gasteiger partial charge in [-0.15, -0.1) is 12.4 Å². The molecule has 0 fully saturated rings. The van der Waals surface area contributed by atoms with Crippen LogP contribution in [0.25, 0.3) is 0 Å². The highest BCUT2D eigenvalue weighted by molar-refractivity contribution is 5.85. The molecule has 0 saturated heterocycles. The molecule has 0 spiro atoms. The first-order valence-electron chi connectivity index (χ1n) is 6.17. The van der Waals surface area contributed by atoms with E-state index < -0.39 is 0 Å². The second kappa shape index (κ2) is 7.79. The third-order valence-corrected chi connectivity index (χ3v) is 2.81. The summed E-state index contributed by atoms with van der Waals surface area (Å²) in [6, 6.07) is 10.3. The molecule has 1 heterocycles. The third kappa shape index (κ3) is 4.56. The predicted molar refractivity (Wildman–Crippen MR) is 78.8 cm³/mol. The molecule has 3 nitrogen and oxygen atoms in total. The zero-order valence-electron chi connectivity index (χ0n) is 11.0. The summed E-state index contributed by atoms with van der Waals surface area (Å²) in [7, 11) is 0. The van der Waals surface area contributed by atoms with E-state index in [1.165, 1.54) is 5.56 Å². The first kappa shape index (κ1) is 15.5. The lowest BCUT2D eigenvalue weighted by molar-refractivity contribution is 0.427. The standard InChI is InChI=1S/C14H18FN3.ClH/c1-12-11-18(10-8-15)17-14(12)16-9-7-13-5-3-2-4-6-13;/h2-6,11H,7-10H2,1H3,(H,16,17);1H. The van der Waals surface area contributed by atoms with Crippen LogP contribution in [0.2, 0.25) is 0 Å². The number of aromatic nitrogens is 2. The minimum Gasteiger partial charge on any atom is -0.368 e. The van der Waals surface area contributed by atoms with Gasteiger partial charge in [-0.25, -0.2) is 4.39 Å². The van der Waals surface area contributed by atoms with E-state index in [1.54, 1.807) is 4.68 Å². The number of hydrogen-bond donors (Lipinski definition) is 1. The van der Waals surface area contributed by atoms with Gasteiger partial charge in [0, 0.05) is 18.3 Å². The Hall–Kier alpha value is -1.55. The third-order valence-electron chi connectivity index (χ3n) is 2.81. The Kier molecular flexibility index (Phi) is 6.36. The number of halogens is 2. The predicted octanol–water partition coefficient (Wildman–Crippen LogP) is 3.24. The molecule has 1 aromatic heterocycles. The SMILES string of the molecule is Cc1cn(CCF)nc1NCCc1ccccc1.Cl. The molecule has 0 bridgehead atoms. The van der Waals surface area contributed by atoms with Crippen molar-refractivity contribution in [2.45, 2.75) is 19.9 Å². The summed E-state index contributed by atoms with van der Waals surface area (Å²) >= 11 is 0. The Labute approximate surface area is 119 Å². The fraction of sp³-hybridized carbons (Fsp3) is 0.357. The average Bonchev–Trinajstić information content (AvgIpc) is 2.72. The molecule has 0 saturated carbocycles. The molecule has 19 heavy (non-hydrogen) atoms. The van der Waals surface area contributed by atoms with Gasteiger partial charge in [-0.2, -0.15) is 5.10 Å². The fourth-order valence-electron chi connectivity index (χ4n) is 1.87. The van der Waals surface area contributed by atoms with Crippen LogP contribution in [-0.4, -0.2) is 23.0 Å². The molecule has 2 aromatic rings. The number of rotatable bonds is 6. The molecule has 0 aliphatic rings. The quantitative estimate of drug-likeness (QED) is 0.882. The van der Waals surface area contributed by atoms with Crippen molar-refractivity contribution in [1.29, 1.82) is 0 Å². The Morgan fingerprint density at radius 1 is 1.26 bits per heavy atom. The normalized spacial score (nSPS) is 10.0. The van der Waals surface area contributed by atoms with Gasteiger partial charge in [-0.05, 0) is 18.9 Å². The molecule has 0 amide bonds. The largest absolute Gasteiger partial charge is 0.368 e. The monoisotopic (exact) mass is 283 g/mol. The van der Waals surface area contributed by atoms with E-state index in [2.05, 4.69) is 22.5 Å². The van der Waals surface area contributed by atoms with E-state index in [0.717, 1.165) is 24.3 Å². The molecule has 1 aromatic carbocycles. The second-order valence-electron chi connectivity index (χ2n) is 4.28. The summed E-state index contributed by atoms with van der Waals surface area (Å²) in [6.07, 6.45) is 2.82. The minimum atomic E-state index is -0.384. The number of anilines is 1. The van der Waals surface area contributed by atoms with Gasteiger partial charge < -0.3 is 5.32 Å². The molecule has 0 aliphatic carbocycles. The smallest absolute Gasteiger partial charge is 0.150 e. The van der Waals surface area contributed by atoms with E-state index in [-0.39, 0.29) is 19.1 Å². The second-order valence-corrected chi connectivity index (χ2v) is 4.28. The van der Waals surface area contributed by atoms with Crippen molar-refractivity contribution >= 4 is 18.2 Å². The zero-order valence-corrected chi connectivity index (χ0v) is 11.8. The van der Waals surface area contributed by atoms with Gasteiger partial charge in [0.1, 0.15) is 6.67 Å². The van der Waals surface area contributed by atoms with Crippen LogP contribution in [0.4, 0.5) is 10.2 Å². The van der Waals surface area contributed by atoms with Crippen molar-refractivity contribution in [3.63, 3.8) is 0 Å². The molecule has 104 valence electrons. The van der Waals surface area contributed by atoms with Crippen LogP contribution in [0.15, 0.2) is 36.5 Å². The lowest BCUT2D eigenvalue weighted by atomic mass is 10.1. The van der Waals surface area contributed by atoms with Crippen LogP contribution >= 0.6 is 12.4 Å². The van der Waals surface area contributed by atoms with E-state index in [4.69, 9.17) is 0 Å². The molecular weight excluding hydrogens is 265 g/mol. The van der Waals surface area contributed by atoms with Crippen LogP contribution in [0.1, 0.15) is 11.1 Å². The molecule has 2 rings (SSSR count). The highest BCUT2D eigenvalue weighted by atomic mass is 35.5. The number of nitrogens with one attached hydrogen (secondary N) is 1. The number of nitrogens with zero attached hydrogens (tertiary/aromatic N) is 2. The lowest BCUT2D eigenvalue weighted by Crippen LogP contribution is -2.07. The Balaban J connectivity index is 0.00000180. The van der Waals surface area contributed by atoms with Crippen molar-refractivity contribution in [2.75, 3.05) is 18.5 Å². The van der Waals surface area contributed by atoms with Gasteiger partial charge in [-0.1, -0.05) is 30.3 Å².